The average Bonchev–Trinajstić information content (AvgIpc) is 2.56. The zero-order valence-electron chi connectivity index (χ0n) is 12.9. The maximum atomic E-state index is 11.8. The summed E-state index contributed by atoms with van der Waals surface area (Å²) in [5, 5.41) is 10.5. The van der Waals surface area contributed by atoms with Crippen molar-refractivity contribution < 1.29 is 28.5 Å². The van der Waals surface area contributed by atoms with Crippen LogP contribution >= 0.6 is 0 Å². The van der Waals surface area contributed by atoms with E-state index in [2.05, 4.69) is 0 Å². The molecule has 0 radical (unpaired) electrons. The second-order valence-electron chi connectivity index (χ2n) is 4.63. The van der Waals surface area contributed by atoms with Crippen molar-refractivity contribution in [3.8, 4) is 11.5 Å². The molecule has 7 heteroatoms. The van der Waals surface area contributed by atoms with Gasteiger partial charge in [-0.2, -0.15) is 0 Å². The number of rotatable bonds is 10. The van der Waals surface area contributed by atoms with Crippen molar-refractivity contribution in [2.45, 2.75) is 0 Å². The topological polar surface area (TPSA) is 87.4 Å². The fourth-order valence-electron chi connectivity index (χ4n) is 1.91. The Morgan fingerprint density at radius 2 is 1.65 bits per heavy atom. The largest absolute Gasteiger partial charge is 0.504 e. The summed E-state index contributed by atoms with van der Waals surface area (Å²) in [6.45, 7) is 2.30. The molecule has 1 aromatic heterocycles. The highest BCUT2D eigenvalue weighted by Crippen LogP contribution is 2.30. The second kappa shape index (κ2) is 9.14. The molecular weight excluding hydrogens is 304 g/mol. The van der Waals surface area contributed by atoms with Crippen LogP contribution in [0.3, 0.4) is 0 Å². The Hall–Kier alpha value is -2.09. The quantitative estimate of drug-likeness (QED) is 0.524. The minimum absolute atomic E-state index is 0.120. The van der Waals surface area contributed by atoms with E-state index in [1.807, 2.05) is 0 Å². The molecule has 1 aromatic carbocycles. The van der Waals surface area contributed by atoms with Gasteiger partial charge in [-0.15, -0.1) is 0 Å². The van der Waals surface area contributed by atoms with Crippen LogP contribution in [-0.2, 0) is 14.2 Å². The van der Waals surface area contributed by atoms with Crippen molar-refractivity contribution in [2.75, 3.05) is 46.8 Å². The van der Waals surface area contributed by atoms with Crippen LogP contribution < -0.4 is 10.4 Å². The lowest BCUT2D eigenvalue weighted by molar-refractivity contribution is 0.0176. The third-order valence-corrected chi connectivity index (χ3v) is 3.02. The molecule has 126 valence electrons. The van der Waals surface area contributed by atoms with E-state index in [9.17, 15) is 9.90 Å². The Kier molecular flexibility index (Phi) is 6.86. The molecule has 0 aliphatic carbocycles. The van der Waals surface area contributed by atoms with Gasteiger partial charge in [0.05, 0.1) is 38.4 Å². The SMILES string of the molecule is COCCOCCOCCOc1c(O)c2ccccc2oc1=O. The monoisotopic (exact) mass is 324 g/mol. The van der Waals surface area contributed by atoms with Crippen LogP contribution in [0.5, 0.6) is 11.5 Å². The first-order valence-electron chi connectivity index (χ1n) is 7.26. The van der Waals surface area contributed by atoms with Crippen molar-refractivity contribution in [2.24, 2.45) is 0 Å². The van der Waals surface area contributed by atoms with Crippen molar-refractivity contribution in [3.63, 3.8) is 0 Å². The van der Waals surface area contributed by atoms with Crippen LogP contribution in [0.15, 0.2) is 33.5 Å². The molecule has 23 heavy (non-hydrogen) atoms. The molecular formula is C16H20O7. The average molecular weight is 324 g/mol. The summed E-state index contributed by atoms with van der Waals surface area (Å²) in [5.41, 5.74) is -0.407. The highest BCUT2D eigenvalue weighted by atomic mass is 16.6. The normalized spacial score (nSPS) is 11.0. The molecule has 2 rings (SSSR count). The van der Waals surface area contributed by atoms with Crippen LogP contribution in [-0.4, -0.2) is 51.9 Å². The first kappa shape index (κ1) is 17.3. The van der Waals surface area contributed by atoms with Gasteiger partial charge in [0.25, 0.3) is 0 Å². The summed E-state index contributed by atoms with van der Waals surface area (Å²) >= 11 is 0. The fourth-order valence-corrected chi connectivity index (χ4v) is 1.91. The van der Waals surface area contributed by atoms with Crippen molar-refractivity contribution >= 4 is 11.0 Å². The number of benzene rings is 1. The van der Waals surface area contributed by atoms with Gasteiger partial charge in [-0.1, -0.05) is 12.1 Å². The minimum Gasteiger partial charge on any atom is -0.504 e. The maximum absolute atomic E-state index is 11.8. The summed E-state index contributed by atoms with van der Waals surface area (Å²) in [5.74, 6) is -0.427. The van der Waals surface area contributed by atoms with E-state index in [1.165, 1.54) is 0 Å². The predicted molar refractivity (Wildman–Crippen MR) is 83.2 cm³/mol. The first-order chi connectivity index (χ1) is 11.2. The molecule has 0 aliphatic rings. The molecule has 0 spiro atoms. The van der Waals surface area contributed by atoms with Gasteiger partial charge in [0, 0.05) is 7.11 Å². The van der Waals surface area contributed by atoms with E-state index in [-0.39, 0.29) is 24.7 Å². The molecule has 0 unspecified atom stereocenters. The molecule has 0 bridgehead atoms. The number of hydrogen-bond donors (Lipinski definition) is 1. The lowest BCUT2D eigenvalue weighted by Gasteiger charge is -2.09. The molecule has 0 saturated heterocycles. The molecule has 0 saturated carbocycles. The molecule has 1 heterocycles. The lowest BCUT2D eigenvalue weighted by atomic mass is 10.2. The van der Waals surface area contributed by atoms with Crippen LogP contribution in [0.2, 0.25) is 0 Å². The third-order valence-electron chi connectivity index (χ3n) is 3.02. The zero-order valence-corrected chi connectivity index (χ0v) is 12.9. The lowest BCUT2D eigenvalue weighted by Crippen LogP contribution is -2.15. The van der Waals surface area contributed by atoms with Crippen LogP contribution in [0.4, 0.5) is 0 Å². The van der Waals surface area contributed by atoms with Gasteiger partial charge < -0.3 is 28.5 Å². The van der Waals surface area contributed by atoms with E-state index >= 15 is 0 Å². The number of aromatic hydroxyl groups is 1. The number of methoxy groups -OCH3 is 1. The molecule has 2 aromatic rings. The van der Waals surface area contributed by atoms with Crippen LogP contribution in [0.1, 0.15) is 0 Å². The van der Waals surface area contributed by atoms with Gasteiger partial charge in [0.2, 0.25) is 5.75 Å². The number of ether oxygens (including phenoxy) is 4. The first-order valence-corrected chi connectivity index (χ1v) is 7.26. The van der Waals surface area contributed by atoms with Crippen molar-refractivity contribution in [1.82, 2.24) is 0 Å². The number of para-hydroxylation sites is 1. The number of fused-ring (bicyclic) bond motifs is 1. The minimum atomic E-state index is -0.718. The molecule has 0 amide bonds. The molecule has 0 fully saturated rings. The van der Waals surface area contributed by atoms with Crippen LogP contribution in [0.25, 0.3) is 11.0 Å². The van der Waals surface area contributed by atoms with E-state index in [4.69, 9.17) is 23.4 Å². The third kappa shape index (κ3) is 4.95. The second-order valence-corrected chi connectivity index (χ2v) is 4.63. The Morgan fingerprint density at radius 3 is 2.39 bits per heavy atom. The molecule has 0 atom stereocenters. The van der Waals surface area contributed by atoms with E-state index in [0.29, 0.717) is 37.4 Å². The van der Waals surface area contributed by atoms with Gasteiger partial charge in [-0.25, -0.2) is 4.79 Å². The molecule has 7 nitrogen and oxygen atoms in total. The summed E-state index contributed by atoms with van der Waals surface area (Å²) < 4.78 is 25.7. The number of hydrogen-bond acceptors (Lipinski definition) is 7. The molecule has 1 N–H and O–H groups in total. The molecule has 0 aliphatic heterocycles. The van der Waals surface area contributed by atoms with Gasteiger partial charge >= 0.3 is 5.63 Å². The van der Waals surface area contributed by atoms with Gasteiger partial charge in [-0.3, -0.25) is 0 Å². The van der Waals surface area contributed by atoms with E-state index in [1.54, 1.807) is 31.4 Å². The summed E-state index contributed by atoms with van der Waals surface area (Å²) in [7, 11) is 1.61. The van der Waals surface area contributed by atoms with Gasteiger partial charge in [0.15, 0.2) is 5.75 Å². The Morgan fingerprint density at radius 1 is 1.00 bits per heavy atom. The van der Waals surface area contributed by atoms with E-state index in [0.717, 1.165) is 0 Å². The standard InChI is InChI=1S/C16H20O7/c1-19-6-7-20-8-9-21-10-11-22-15-14(17)12-4-2-3-5-13(12)23-16(15)18/h2-5,17H,6-11H2,1H3. The maximum Gasteiger partial charge on any atom is 0.383 e. The summed E-state index contributed by atoms with van der Waals surface area (Å²) in [6.07, 6.45) is 0. The fraction of sp³-hybridized carbons (Fsp3) is 0.438. The zero-order chi connectivity index (χ0) is 16.5. The Bertz CT molecular complexity index is 665. The Labute approximate surface area is 133 Å². The Balaban J connectivity index is 1.78. The van der Waals surface area contributed by atoms with Gasteiger partial charge in [-0.05, 0) is 12.1 Å². The summed E-state index contributed by atoms with van der Waals surface area (Å²) in [4.78, 5) is 11.8. The highest BCUT2D eigenvalue weighted by molar-refractivity contribution is 5.84. The van der Waals surface area contributed by atoms with Crippen LogP contribution in [0, 0.1) is 0 Å². The predicted octanol–water partition coefficient (Wildman–Crippen LogP) is 1.56. The smallest absolute Gasteiger partial charge is 0.383 e. The van der Waals surface area contributed by atoms with E-state index < -0.39 is 5.63 Å². The highest BCUT2D eigenvalue weighted by Gasteiger charge is 2.14. The van der Waals surface area contributed by atoms with Gasteiger partial charge in [0.1, 0.15) is 12.2 Å². The van der Waals surface area contributed by atoms with Crippen molar-refractivity contribution in [3.05, 3.63) is 34.7 Å². The summed E-state index contributed by atoms with van der Waals surface area (Å²) in [6, 6.07) is 6.70. The van der Waals surface area contributed by atoms with Crippen molar-refractivity contribution in [1.29, 1.82) is 0 Å².